The maximum Gasteiger partial charge on any atom is 0.331 e. The Kier molecular flexibility index (Phi) is 7.08. The number of carboxylic acid groups (broad SMARTS) is 1. The molecule has 25 heavy (non-hydrogen) atoms. The second-order valence-electron chi connectivity index (χ2n) is 6.12. The van der Waals surface area contributed by atoms with Crippen molar-refractivity contribution in [2.24, 2.45) is 0 Å². The molecule has 4 heteroatoms. The first kappa shape index (κ1) is 18.6. The maximum absolute atomic E-state index is 11.4. The van der Waals surface area contributed by atoms with E-state index in [1.807, 2.05) is 18.2 Å². The third-order valence-corrected chi connectivity index (χ3v) is 4.12. The molecule has 0 aliphatic carbocycles. The summed E-state index contributed by atoms with van der Waals surface area (Å²) >= 11 is 0. The number of aromatic hydroxyl groups is 2. The summed E-state index contributed by atoms with van der Waals surface area (Å²) in [6.07, 6.45) is 7.06. The fourth-order valence-electron chi connectivity index (χ4n) is 2.72. The molecule has 0 amide bonds. The van der Waals surface area contributed by atoms with Crippen LogP contribution in [0.1, 0.15) is 43.2 Å². The minimum Gasteiger partial charge on any atom is -0.504 e. The summed E-state index contributed by atoms with van der Waals surface area (Å²) in [5.74, 6) is -1.41. The number of benzene rings is 2. The highest BCUT2D eigenvalue weighted by Crippen LogP contribution is 2.26. The molecule has 0 aliphatic rings. The largest absolute Gasteiger partial charge is 0.504 e. The average Bonchev–Trinajstić information content (AvgIpc) is 2.60. The fourth-order valence-corrected chi connectivity index (χ4v) is 2.72. The molecule has 0 unspecified atom stereocenters. The van der Waals surface area contributed by atoms with E-state index in [9.17, 15) is 20.1 Å². The van der Waals surface area contributed by atoms with E-state index >= 15 is 0 Å². The molecule has 0 heterocycles. The van der Waals surface area contributed by atoms with Crippen molar-refractivity contribution >= 4 is 12.0 Å². The summed E-state index contributed by atoms with van der Waals surface area (Å²) in [6, 6.07) is 14.6. The van der Waals surface area contributed by atoms with E-state index < -0.39 is 5.97 Å². The van der Waals surface area contributed by atoms with Crippen LogP contribution >= 0.6 is 0 Å². The van der Waals surface area contributed by atoms with Gasteiger partial charge in [0.2, 0.25) is 0 Å². The number of aliphatic carboxylic acids is 1. The Hall–Kier alpha value is -2.75. The Morgan fingerprint density at radius 2 is 1.60 bits per heavy atom. The van der Waals surface area contributed by atoms with E-state index in [4.69, 9.17) is 0 Å². The van der Waals surface area contributed by atoms with Crippen LogP contribution in [0.25, 0.3) is 6.08 Å². The summed E-state index contributed by atoms with van der Waals surface area (Å²) in [6.45, 7) is 0. The summed E-state index contributed by atoms with van der Waals surface area (Å²) in [5.41, 5.74) is 2.21. The average molecular weight is 340 g/mol. The van der Waals surface area contributed by atoms with Gasteiger partial charge in [0.25, 0.3) is 0 Å². The van der Waals surface area contributed by atoms with Gasteiger partial charge in [0, 0.05) is 5.57 Å². The van der Waals surface area contributed by atoms with E-state index in [0.29, 0.717) is 17.6 Å². The van der Waals surface area contributed by atoms with Gasteiger partial charge in [-0.05, 0) is 55.0 Å². The number of aryl methyl sites for hydroxylation is 1. The van der Waals surface area contributed by atoms with Gasteiger partial charge in [-0.1, -0.05) is 49.2 Å². The molecular weight excluding hydrogens is 316 g/mol. The first-order chi connectivity index (χ1) is 12.1. The third-order valence-electron chi connectivity index (χ3n) is 4.12. The zero-order valence-corrected chi connectivity index (χ0v) is 14.2. The Morgan fingerprint density at radius 1 is 0.880 bits per heavy atom. The Morgan fingerprint density at radius 3 is 2.28 bits per heavy atom. The van der Waals surface area contributed by atoms with Crippen molar-refractivity contribution in [2.45, 2.75) is 38.5 Å². The third kappa shape index (κ3) is 6.34. The molecule has 0 bridgehead atoms. The number of carbonyl (C=O) groups is 1. The molecule has 3 N–H and O–H groups in total. The quantitative estimate of drug-likeness (QED) is 0.349. The number of phenolic OH excluding ortho intramolecular Hbond substituents is 2. The SMILES string of the molecule is O=C(O)/C(=C/c1ccc(O)c(O)c1)CCCCCCc1ccccc1. The summed E-state index contributed by atoms with van der Waals surface area (Å²) in [7, 11) is 0. The van der Waals surface area contributed by atoms with Gasteiger partial charge in [-0.15, -0.1) is 0 Å². The topological polar surface area (TPSA) is 77.8 Å². The van der Waals surface area contributed by atoms with Crippen LogP contribution in [-0.2, 0) is 11.2 Å². The van der Waals surface area contributed by atoms with Crippen LogP contribution < -0.4 is 0 Å². The van der Waals surface area contributed by atoms with Crippen molar-refractivity contribution in [1.82, 2.24) is 0 Å². The van der Waals surface area contributed by atoms with Crippen molar-refractivity contribution in [2.75, 3.05) is 0 Å². The molecular formula is C21H24O4. The molecule has 0 saturated carbocycles. The molecule has 2 rings (SSSR count). The molecule has 0 spiro atoms. The molecule has 0 aromatic heterocycles. The number of phenols is 2. The first-order valence-electron chi connectivity index (χ1n) is 8.56. The number of unbranched alkanes of at least 4 members (excludes halogenated alkanes) is 3. The lowest BCUT2D eigenvalue weighted by Gasteiger charge is -2.05. The highest BCUT2D eigenvalue weighted by molar-refractivity contribution is 5.92. The van der Waals surface area contributed by atoms with E-state index in [0.717, 1.165) is 32.1 Å². The van der Waals surface area contributed by atoms with E-state index in [-0.39, 0.29) is 11.5 Å². The molecule has 4 nitrogen and oxygen atoms in total. The first-order valence-corrected chi connectivity index (χ1v) is 8.56. The minimum atomic E-state index is -0.947. The van der Waals surface area contributed by atoms with Gasteiger partial charge in [0.05, 0.1) is 0 Å². The number of rotatable bonds is 9. The van der Waals surface area contributed by atoms with Gasteiger partial charge >= 0.3 is 5.97 Å². The molecule has 0 fully saturated rings. The highest BCUT2D eigenvalue weighted by atomic mass is 16.4. The van der Waals surface area contributed by atoms with Crippen molar-refractivity contribution in [3.05, 3.63) is 65.2 Å². The van der Waals surface area contributed by atoms with Crippen LogP contribution in [0.5, 0.6) is 11.5 Å². The van der Waals surface area contributed by atoms with Crippen molar-refractivity contribution < 1.29 is 20.1 Å². The number of carboxylic acids is 1. The molecule has 0 atom stereocenters. The van der Waals surface area contributed by atoms with Crippen LogP contribution in [0.15, 0.2) is 54.1 Å². The van der Waals surface area contributed by atoms with Gasteiger partial charge in [0.1, 0.15) is 0 Å². The highest BCUT2D eigenvalue weighted by Gasteiger charge is 2.08. The van der Waals surface area contributed by atoms with Gasteiger partial charge in [-0.25, -0.2) is 4.79 Å². The summed E-state index contributed by atoms with van der Waals surface area (Å²) in [5, 5.41) is 28.1. The molecule has 0 saturated heterocycles. The predicted octanol–water partition coefficient (Wildman–Crippen LogP) is 4.76. The Balaban J connectivity index is 1.78. The lowest BCUT2D eigenvalue weighted by molar-refractivity contribution is -0.132. The monoisotopic (exact) mass is 340 g/mol. The van der Waals surface area contributed by atoms with Crippen molar-refractivity contribution in [1.29, 1.82) is 0 Å². The predicted molar refractivity (Wildman–Crippen MR) is 98.6 cm³/mol. The van der Waals surface area contributed by atoms with Crippen molar-refractivity contribution in [3.63, 3.8) is 0 Å². The standard InChI is InChI=1S/C21H24O4/c22-19-13-12-17(15-20(19)23)14-18(21(24)25)11-7-2-1-4-8-16-9-5-3-6-10-16/h3,5-6,9-10,12-15,22-23H,1-2,4,7-8,11H2,(H,24,25)/b18-14+. The number of hydrogen-bond donors (Lipinski definition) is 3. The van der Waals surface area contributed by atoms with Crippen LogP contribution in [-0.4, -0.2) is 21.3 Å². The van der Waals surface area contributed by atoms with Gasteiger partial charge in [-0.3, -0.25) is 0 Å². The summed E-state index contributed by atoms with van der Waals surface area (Å²) in [4.78, 5) is 11.4. The smallest absolute Gasteiger partial charge is 0.331 e. The molecule has 0 radical (unpaired) electrons. The van der Waals surface area contributed by atoms with Crippen LogP contribution in [0, 0.1) is 0 Å². The number of hydrogen-bond acceptors (Lipinski definition) is 3. The molecule has 132 valence electrons. The second kappa shape index (κ2) is 9.52. The van der Waals surface area contributed by atoms with E-state index in [1.165, 1.54) is 17.7 Å². The van der Waals surface area contributed by atoms with Gasteiger partial charge in [0.15, 0.2) is 11.5 Å². The fraction of sp³-hybridized carbons (Fsp3) is 0.286. The lowest BCUT2D eigenvalue weighted by atomic mass is 10.0. The van der Waals surface area contributed by atoms with Crippen LogP contribution in [0.3, 0.4) is 0 Å². The minimum absolute atomic E-state index is 0.215. The molecule has 0 aliphatic heterocycles. The zero-order chi connectivity index (χ0) is 18.1. The van der Waals surface area contributed by atoms with Gasteiger partial charge < -0.3 is 15.3 Å². The van der Waals surface area contributed by atoms with Crippen LogP contribution in [0.2, 0.25) is 0 Å². The normalized spacial score (nSPS) is 11.4. The second-order valence-corrected chi connectivity index (χ2v) is 6.12. The Bertz CT molecular complexity index is 720. The molecule has 2 aromatic rings. The lowest BCUT2D eigenvalue weighted by Crippen LogP contribution is -2.00. The zero-order valence-electron chi connectivity index (χ0n) is 14.2. The van der Waals surface area contributed by atoms with E-state index in [1.54, 1.807) is 12.1 Å². The van der Waals surface area contributed by atoms with Gasteiger partial charge in [-0.2, -0.15) is 0 Å². The Labute approximate surface area is 148 Å². The van der Waals surface area contributed by atoms with Crippen molar-refractivity contribution in [3.8, 4) is 11.5 Å². The molecule has 2 aromatic carbocycles. The summed E-state index contributed by atoms with van der Waals surface area (Å²) < 4.78 is 0. The maximum atomic E-state index is 11.4. The van der Waals surface area contributed by atoms with Crippen LogP contribution in [0.4, 0.5) is 0 Å². The van der Waals surface area contributed by atoms with E-state index in [2.05, 4.69) is 12.1 Å².